The zero-order chi connectivity index (χ0) is 13.6. The Hall–Kier alpha value is -1.93. The standard InChI is InChI=1S/C11H8N2O4S2/c14-9-6-13(11(15)12-9)19(16,17)10-5-7-3-1-2-4-8(7)18-10/h1-5H,6H2,(H,12,14,15). The van der Waals surface area contributed by atoms with Gasteiger partial charge in [0.1, 0.15) is 10.8 Å². The van der Waals surface area contributed by atoms with Crippen LogP contribution in [0.4, 0.5) is 4.79 Å². The summed E-state index contributed by atoms with van der Waals surface area (Å²) in [5.74, 6) is -0.616. The third-order valence-corrected chi connectivity index (χ3v) is 6.00. The molecule has 1 aliphatic heterocycles. The van der Waals surface area contributed by atoms with Gasteiger partial charge in [-0.25, -0.2) is 17.5 Å². The van der Waals surface area contributed by atoms with Crippen molar-refractivity contribution in [2.24, 2.45) is 0 Å². The first-order valence-corrected chi connectivity index (χ1v) is 7.59. The second-order valence-electron chi connectivity index (χ2n) is 3.97. The molecule has 3 rings (SSSR count). The van der Waals surface area contributed by atoms with Crippen molar-refractivity contribution in [3.05, 3.63) is 30.3 Å². The summed E-state index contributed by atoms with van der Waals surface area (Å²) < 4.78 is 26.0. The second kappa shape index (κ2) is 4.04. The van der Waals surface area contributed by atoms with E-state index in [4.69, 9.17) is 0 Å². The molecule has 19 heavy (non-hydrogen) atoms. The Labute approximate surface area is 112 Å². The lowest BCUT2D eigenvalue weighted by molar-refractivity contribution is -0.118. The molecule has 1 aromatic carbocycles. The number of carbonyl (C=O) groups is 2. The maximum atomic E-state index is 12.3. The molecule has 0 radical (unpaired) electrons. The van der Waals surface area contributed by atoms with Crippen molar-refractivity contribution >= 4 is 43.4 Å². The average molecular weight is 296 g/mol. The van der Waals surface area contributed by atoms with Gasteiger partial charge in [0, 0.05) is 4.70 Å². The maximum absolute atomic E-state index is 12.3. The van der Waals surface area contributed by atoms with Gasteiger partial charge in [0.05, 0.1) is 0 Å². The molecule has 98 valence electrons. The van der Waals surface area contributed by atoms with E-state index in [0.29, 0.717) is 4.31 Å². The van der Waals surface area contributed by atoms with Gasteiger partial charge in [0.2, 0.25) is 5.91 Å². The summed E-state index contributed by atoms with van der Waals surface area (Å²) in [5.41, 5.74) is 0. The zero-order valence-corrected chi connectivity index (χ0v) is 11.1. The van der Waals surface area contributed by atoms with Crippen molar-refractivity contribution in [2.75, 3.05) is 6.54 Å². The van der Waals surface area contributed by atoms with E-state index in [9.17, 15) is 18.0 Å². The first-order valence-electron chi connectivity index (χ1n) is 5.33. The third-order valence-electron chi connectivity index (χ3n) is 2.71. The minimum absolute atomic E-state index is 0.0542. The summed E-state index contributed by atoms with van der Waals surface area (Å²) in [6, 6.07) is 7.81. The summed E-state index contributed by atoms with van der Waals surface area (Å²) >= 11 is 1.07. The molecular weight excluding hydrogens is 288 g/mol. The number of sulfonamides is 1. The first-order chi connectivity index (χ1) is 8.98. The van der Waals surface area contributed by atoms with Gasteiger partial charge in [-0.3, -0.25) is 10.1 Å². The fraction of sp³-hybridized carbons (Fsp3) is 0.0909. The van der Waals surface area contributed by atoms with Crippen molar-refractivity contribution in [2.45, 2.75) is 4.21 Å². The van der Waals surface area contributed by atoms with Crippen molar-refractivity contribution in [1.29, 1.82) is 0 Å². The van der Waals surface area contributed by atoms with Gasteiger partial charge >= 0.3 is 6.03 Å². The molecule has 0 bridgehead atoms. The van der Waals surface area contributed by atoms with Crippen molar-refractivity contribution in [3.63, 3.8) is 0 Å². The summed E-state index contributed by atoms with van der Waals surface area (Å²) in [7, 11) is -3.96. The minimum atomic E-state index is -3.96. The molecule has 1 aliphatic rings. The van der Waals surface area contributed by atoms with Crippen LogP contribution in [0, 0.1) is 0 Å². The summed E-state index contributed by atoms with van der Waals surface area (Å²) in [6.45, 7) is -0.463. The smallest absolute Gasteiger partial charge is 0.275 e. The van der Waals surface area contributed by atoms with Crippen LogP contribution in [0.2, 0.25) is 0 Å². The Morgan fingerprint density at radius 3 is 2.58 bits per heavy atom. The topological polar surface area (TPSA) is 83.6 Å². The van der Waals surface area contributed by atoms with Gasteiger partial charge in [0.15, 0.2) is 0 Å². The fourth-order valence-electron chi connectivity index (χ4n) is 1.81. The highest BCUT2D eigenvalue weighted by atomic mass is 32.2. The van der Waals surface area contributed by atoms with E-state index < -0.39 is 28.5 Å². The number of benzene rings is 1. The second-order valence-corrected chi connectivity index (χ2v) is 7.14. The normalized spacial score (nSPS) is 16.1. The van der Waals surface area contributed by atoms with Gasteiger partial charge in [-0.2, -0.15) is 0 Å². The summed E-state index contributed by atoms with van der Waals surface area (Å²) in [4.78, 5) is 22.5. The number of amides is 3. The molecule has 1 fully saturated rings. The first kappa shape index (κ1) is 12.1. The highest BCUT2D eigenvalue weighted by molar-refractivity contribution is 7.92. The van der Waals surface area contributed by atoms with E-state index in [1.807, 2.05) is 5.32 Å². The van der Waals surface area contributed by atoms with Gasteiger partial charge in [-0.05, 0) is 17.5 Å². The predicted octanol–water partition coefficient (Wildman–Crippen LogP) is 1.14. The highest BCUT2D eigenvalue weighted by Crippen LogP contribution is 2.31. The Kier molecular flexibility index (Phi) is 2.58. The monoisotopic (exact) mass is 296 g/mol. The van der Waals surface area contributed by atoms with Gasteiger partial charge in [0.25, 0.3) is 10.0 Å². The van der Waals surface area contributed by atoms with E-state index in [1.165, 1.54) is 6.07 Å². The number of nitrogens with zero attached hydrogens (tertiary/aromatic N) is 1. The Morgan fingerprint density at radius 1 is 1.21 bits per heavy atom. The number of fused-ring (bicyclic) bond motifs is 1. The quantitative estimate of drug-likeness (QED) is 0.842. The highest BCUT2D eigenvalue weighted by Gasteiger charge is 2.38. The number of carbonyl (C=O) groups excluding carboxylic acids is 2. The molecule has 2 aromatic rings. The van der Waals surface area contributed by atoms with Crippen LogP contribution in [-0.4, -0.2) is 31.2 Å². The number of hydrogen-bond donors (Lipinski definition) is 1. The summed E-state index contributed by atoms with van der Waals surface area (Å²) in [5, 5.41) is 2.74. The van der Waals surface area contributed by atoms with Crippen LogP contribution in [0.15, 0.2) is 34.5 Å². The molecule has 0 spiro atoms. The van der Waals surface area contributed by atoms with Crippen molar-refractivity contribution < 1.29 is 18.0 Å². The van der Waals surface area contributed by atoms with E-state index in [0.717, 1.165) is 21.4 Å². The van der Waals surface area contributed by atoms with Crippen LogP contribution in [0.3, 0.4) is 0 Å². The fourth-order valence-corrected chi connectivity index (χ4v) is 4.61. The lowest BCUT2D eigenvalue weighted by Crippen LogP contribution is -2.33. The molecule has 8 heteroatoms. The molecular formula is C11H8N2O4S2. The number of imide groups is 1. The zero-order valence-electron chi connectivity index (χ0n) is 9.49. The molecule has 6 nitrogen and oxygen atoms in total. The molecule has 0 saturated carbocycles. The molecule has 1 saturated heterocycles. The van der Waals surface area contributed by atoms with Crippen LogP contribution in [0.5, 0.6) is 0 Å². The van der Waals surface area contributed by atoms with Crippen molar-refractivity contribution in [1.82, 2.24) is 9.62 Å². The molecule has 0 aliphatic carbocycles. The van der Waals surface area contributed by atoms with Gasteiger partial charge < -0.3 is 0 Å². The number of rotatable bonds is 2. The van der Waals surface area contributed by atoms with Crippen LogP contribution in [0.1, 0.15) is 0 Å². The molecule has 1 N–H and O–H groups in total. The largest absolute Gasteiger partial charge is 0.338 e. The number of urea groups is 1. The van der Waals surface area contributed by atoms with E-state index in [-0.39, 0.29) is 4.21 Å². The minimum Gasteiger partial charge on any atom is -0.275 e. The number of nitrogens with one attached hydrogen (secondary N) is 1. The molecule has 1 aromatic heterocycles. The molecule has 0 unspecified atom stereocenters. The van der Waals surface area contributed by atoms with Crippen LogP contribution in [0.25, 0.3) is 10.1 Å². The molecule has 0 atom stereocenters. The van der Waals surface area contributed by atoms with E-state index in [1.54, 1.807) is 24.3 Å². The van der Waals surface area contributed by atoms with Gasteiger partial charge in [-0.1, -0.05) is 18.2 Å². The Balaban J connectivity index is 2.09. The third kappa shape index (κ3) is 1.89. The van der Waals surface area contributed by atoms with E-state index >= 15 is 0 Å². The summed E-state index contributed by atoms with van der Waals surface area (Å²) in [6.07, 6.45) is 0. The average Bonchev–Trinajstić information content (AvgIpc) is 2.92. The van der Waals surface area contributed by atoms with Crippen LogP contribution in [-0.2, 0) is 14.8 Å². The lowest BCUT2D eigenvalue weighted by atomic mass is 10.3. The van der Waals surface area contributed by atoms with Crippen molar-refractivity contribution in [3.8, 4) is 0 Å². The lowest BCUT2D eigenvalue weighted by Gasteiger charge is -2.11. The Morgan fingerprint density at radius 2 is 1.95 bits per heavy atom. The van der Waals surface area contributed by atoms with Crippen LogP contribution >= 0.6 is 11.3 Å². The molecule has 3 amide bonds. The predicted molar refractivity (Wildman–Crippen MR) is 69.3 cm³/mol. The SMILES string of the molecule is O=C1CN(S(=O)(=O)c2cc3ccccc3s2)C(=O)N1. The van der Waals surface area contributed by atoms with E-state index in [2.05, 4.69) is 0 Å². The van der Waals surface area contributed by atoms with Gasteiger partial charge in [-0.15, -0.1) is 11.3 Å². The number of thiophene rings is 1. The Bertz CT molecular complexity index is 761. The maximum Gasteiger partial charge on any atom is 0.338 e. The van der Waals surface area contributed by atoms with Crippen LogP contribution < -0.4 is 5.32 Å². The number of hydrogen-bond acceptors (Lipinski definition) is 5. The molecule has 2 heterocycles.